The van der Waals surface area contributed by atoms with E-state index in [4.69, 9.17) is 9.47 Å². The summed E-state index contributed by atoms with van der Waals surface area (Å²) in [5.41, 5.74) is 2.76. The van der Waals surface area contributed by atoms with Crippen LogP contribution in [0.4, 0.5) is 23.0 Å². The van der Waals surface area contributed by atoms with Crippen molar-refractivity contribution in [2.75, 3.05) is 23.8 Å². The first-order chi connectivity index (χ1) is 19.6. The minimum atomic E-state index is -0.336. The van der Waals surface area contributed by atoms with Gasteiger partial charge in [-0.15, -0.1) is 10.2 Å². The molecule has 0 saturated heterocycles. The van der Waals surface area contributed by atoms with Gasteiger partial charge in [-0.05, 0) is 38.1 Å². The Labute approximate surface area is 230 Å². The number of ether oxygens (including phenoxy) is 2. The second kappa shape index (κ2) is 12.2. The molecule has 0 aliphatic heterocycles. The van der Waals surface area contributed by atoms with Gasteiger partial charge in [0.1, 0.15) is 0 Å². The van der Waals surface area contributed by atoms with Gasteiger partial charge in [-0.2, -0.15) is 10.2 Å². The molecule has 0 aliphatic rings. The summed E-state index contributed by atoms with van der Waals surface area (Å²) in [4.78, 5) is 24.0. The number of hydrogen-bond donors (Lipinski definition) is 2. The van der Waals surface area contributed by atoms with Crippen molar-refractivity contribution >= 4 is 56.5 Å². The molecule has 5 aromatic rings. The van der Waals surface area contributed by atoms with Crippen molar-refractivity contribution in [1.82, 2.24) is 20.4 Å². The lowest BCUT2D eigenvalue weighted by Crippen LogP contribution is -2.10. The Morgan fingerprint density at radius 3 is 1.32 bits per heavy atom. The number of fused-ring (bicyclic) bond motifs is 2. The monoisotopic (exact) mass is 536 g/mol. The largest absolute Gasteiger partial charge is 0.466 e. The molecule has 5 rings (SSSR count). The number of benzene rings is 3. The van der Waals surface area contributed by atoms with Crippen LogP contribution in [0.1, 0.15) is 25.2 Å². The van der Waals surface area contributed by atoms with Crippen LogP contribution >= 0.6 is 0 Å². The van der Waals surface area contributed by atoms with Crippen molar-refractivity contribution in [1.29, 1.82) is 0 Å². The Hall–Kier alpha value is -5.12. The maximum Gasteiger partial charge on any atom is 0.311 e. The lowest BCUT2D eigenvalue weighted by Gasteiger charge is -2.13. The van der Waals surface area contributed by atoms with Crippen LogP contribution in [0.25, 0.3) is 21.5 Å². The second-order valence-electron chi connectivity index (χ2n) is 8.87. The Morgan fingerprint density at radius 2 is 0.950 bits per heavy atom. The molecule has 40 heavy (non-hydrogen) atoms. The molecule has 2 N–H and O–H groups in total. The summed E-state index contributed by atoms with van der Waals surface area (Å²) in [6, 6.07) is 23.0. The average Bonchev–Trinajstić information content (AvgIpc) is 2.97. The van der Waals surface area contributed by atoms with Gasteiger partial charge >= 0.3 is 11.9 Å². The van der Waals surface area contributed by atoms with Crippen LogP contribution < -0.4 is 10.6 Å². The number of aromatic nitrogens is 4. The van der Waals surface area contributed by atoms with Crippen LogP contribution in [-0.2, 0) is 31.9 Å². The van der Waals surface area contributed by atoms with Crippen LogP contribution in [0.2, 0.25) is 0 Å². The summed E-state index contributed by atoms with van der Waals surface area (Å²) in [5.74, 6) is 0.490. The molecule has 2 heterocycles. The number of anilines is 4. The lowest BCUT2D eigenvalue weighted by atomic mass is 10.1. The normalized spacial score (nSPS) is 10.8. The van der Waals surface area contributed by atoms with Gasteiger partial charge in [0.25, 0.3) is 0 Å². The highest BCUT2D eigenvalue weighted by atomic mass is 16.5. The van der Waals surface area contributed by atoms with Crippen molar-refractivity contribution < 1.29 is 19.1 Å². The minimum Gasteiger partial charge on any atom is -0.466 e. The summed E-state index contributed by atoms with van der Waals surface area (Å²) in [7, 11) is 0. The zero-order valence-corrected chi connectivity index (χ0v) is 22.2. The molecule has 202 valence electrons. The van der Waals surface area contributed by atoms with Crippen LogP contribution in [-0.4, -0.2) is 45.5 Å². The molecule has 0 fully saturated rings. The highest BCUT2D eigenvalue weighted by Gasteiger charge is 2.15. The number of rotatable bonds is 10. The Kier molecular flexibility index (Phi) is 8.05. The first kappa shape index (κ1) is 26.5. The van der Waals surface area contributed by atoms with Crippen LogP contribution in [0.15, 0.2) is 72.8 Å². The highest BCUT2D eigenvalue weighted by Crippen LogP contribution is 2.29. The molecule has 10 nitrogen and oxygen atoms in total. The fourth-order valence-corrected chi connectivity index (χ4v) is 4.37. The third kappa shape index (κ3) is 5.96. The number of carbonyl (C=O) groups excluding carboxylic acids is 2. The lowest BCUT2D eigenvalue weighted by molar-refractivity contribution is -0.143. The van der Waals surface area contributed by atoms with Gasteiger partial charge in [0.2, 0.25) is 0 Å². The molecule has 0 aliphatic carbocycles. The first-order valence-corrected chi connectivity index (χ1v) is 13.0. The molecule has 0 saturated carbocycles. The number of nitrogens with zero attached hydrogens (tertiary/aromatic N) is 4. The minimum absolute atomic E-state index is 0.0589. The number of esters is 2. The fourth-order valence-electron chi connectivity index (χ4n) is 4.37. The summed E-state index contributed by atoms with van der Waals surface area (Å²) < 4.78 is 10.1. The highest BCUT2D eigenvalue weighted by molar-refractivity contribution is 5.97. The van der Waals surface area contributed by atoms with E-state index in [0.717, 1.165) is 32.9 Å². The smallest absolute Gasteiger partial charge is 0.311 e. The predicted molar refractivity (Wildman–Crippen MR) is 153 cm³/mol. The predicted octanol–water partition coefficient (Wildman–Crippen LogP) is 5.27. The number of carbonyl (C=O) groups is 2. The molecule has 0 radical (unpaired) electrons. The van der Waals surface area contributed by atoms with Crippen molar-refractivity contribution in [3.63, 3.8) is 0 Å². The van der Waals surface area contributed by atoms with Crippen molar-refractivity contribution in [3.05, 3.63) is 84.2 Å². The fraction of sp³-hybridized carbons (Fsp3) is 0.200. The van der Waals surface area contributed by atoms with E-state index in [1.165, 1.54) is 0 Å². The van der Waals surface area contributed by atoms with Crippen LogP contribution in [0, 0.1) is 0 Å². The third-order valence-electron chi connectivity index (χ3n) is 6.17. The molecule has 0 amide bonds. The molecule has 0 unspecified atom stereocenters. The van der Waals surface area contributed by atoms with Crippen LogP contribution in [0.5, 0.6) is 0 Å². The Balaban J connectivity index is 1.34. The van der Waals surface area contributed by atoms with Gasteiger partial charge in [-0.1, -0.05) is 48.5 Å². The van der Waals surface area contributed by atoms with Gasteiger partial charge in [0, 0.05) is 32.9 Å². The van der Waals surface area contributed by atoms with Gasteiger partial charge in [0.15, 0.2) is 11.6 Å². The molecule has 10 heteroatoms. The summed E-state index contributed by atoms with van der Waals surface area (Å²) in [6.45, 7) is 4.18. The molecule has 3 aromatic carbocycles. The topological polar surface area (TPSA) is 128 Å². The third-order valence-corrected chi connectivity index (χ3v) is 6.17. The molecule has 0 bridgehead atoms. The van der Waals surface area contributed by atoms with E-state index in [0.29, 0.717) is 36.2 Å². The first-order valence-electron chi connectivity index (χ1n) is 13.0. The average molecular weight is 537 g/mol. The van der Waals surface area contributed by atoms with E-state index in [2.05, 4.69) is 31.0 Å². The second-order valence-corrected chi connectivity index (χ2v) is 8.87. The van der Waals surface area contributed by atoms with E-state index in [1.807, 2.05) is 72.8 Å². The molecule has 0 atom stereocenters. The maximum atomic E-state index is 12.0. The van der Waals surface area contributed by atoms with Crippen molar-refractivity contribution in [3.8, 4) is 0 Å². The summed E-state index contributed by atoms with van der Waals surface area (Å²) in [6.07, 6.45) is 0.118. The van der Waals surface area contributed by atoms with E-state index in [-0.39, 0.29) is 24.8 Å². The van der Waals surface area contributed by atoms with Crippen molar-refractivity contribution in [2.45, 2.75) is 26.7 Å². The standard InChI is InChI=1S/C30H28N6O4/c1-3-39-27(37)17-25-21-9-5-7-11-23(21)29(35-33-25)31-19-13-15-20(16-14-19)32-30-24-12-8-6-10-22(24)26(34-36-30)18-28(38)40-4-2/h5-16H,3-4,17-18H2,1-2H3,(H,31,35)(H,32,36). The number of hydrogen-bond acceptors (Lipinski definition) is 10. The van der Waals surface area contributed by atoms with Gasteiger partial charge < -0.3 is 20.1 Å². The van der Waals surface area contributed by atoms with E-state index in [9.17, 15) is 9.59 Å². The van der Waals surface area contributed by atoms with Crippen LogP contribution in [0.3, 0.4) is 0 Å². The maximum absolute atomic E-state index is 12.0. The zero-order valence-electron chi connectivity index (χ0n) is 22.2. The molecular formula is C30H28N6O4. The number of nitrogens with one attached hydrogen (secondary N) is 2. The van der Waals surface area contributed by atoms with E-state index >= 15 is 0 Å². The zero-order chi connectivity index (χ0) is 27.9. The molecule has 0 spiro atoms. The van der Waals surface area contributed by atoms with Gasteiger partial charge in [-0.3, -0.25) is 9.59 Å². The summed E-state index contributed by atoms with van der Waals surface area (Å²) >= 11 is 0. The van der Waals surface area contributed by atoms with Gasteiger partial charge in [0.05, 0.1) is 37.4 Å². The van der Waals surface area contributed by atoms with E-state index in [1.54, 1.807) is 13.8 Å². The SMILES string of the molecule is CCOC(=O)Cc1nnc(Nc2ccc(Nc3nnc(CC(=O)OCC)c4ccccc34)cc2)c2ccccc12. The van der Waals surface area contributed by atoms with E-state index < -0.39 is 0 Å². The van der Waals surface area contributed by atoms with Crippen molar-refractivity contribution in [2.24, 2.45) is 0 Å². The summed E-state index contributed by atoms with van der Waals surface area (Å²) in [5, 5.41) is 27.3. The van der Waals surface area contributed by atoms with Gasteiger partial charge in [-0.25, -0.2) is 0 Å². The molecular weight excluding hydrogens is 508 g/mol. The Morgan fingerprint density at radius 1 is 0.575 bits per heavy atom. The Bertz CT molecular complexity index is 1550. The quantitative estimate of drug-likeness (QED) is 0.228. The molecule has 2 aromatic heterocycles.